The number of carbonyl (C=O) groups is 2. The van der Waals surface area contributed by atoms with E-state index in [0.717, 1.165) is 0 Å². The van der Waals surface area contributed by atoms with E-state index in [1.165, 1.54) is 0 Å². The van der Waals surface area contributed by atoms with Crippen molar-refractivity contribution in [3.05, 3.63) is 47.6 Å². The number of allylic oxidation sites excluding steroid dienone is 1. The molecular formula is C20H26O6. The molecule has 0 amide bonds. The third kappa shape index (κ3) is 4.14. The second kappa shape index (κ2) is 8.01. The largest absolute Gasteiger partial charge is 0.458 e. The van der Waals surface area contributed by atoms with Crippen LogP contribution in [0.5, 0.6) is 0 Å². The molecule has 0 aromatic carbocycles. The van der Waals surface area contributed by atoms with Crippen molar-refractivity contribution >= 4 is 11.9 Å². The zero-order valence-electron chi connectivity index (χ0n) is 15.4. The van der Waals surface area contributed by atoms with E-state index in [4.69, 9.17) is 9.47 Å². The molecule has 6 nitrogen and oxygen atoms in total. The van der Waals surface area contributed by atoms with Gasteiger partial charge < -0.3 is 19.7 Å². The minimum atomic E-state index is -0.958. The number of carbonyl (C=O) groups excluding carboxylic acids is 2. The monoisotopic (exact) mass is 362 g/mol. The fourth-order valence-corrected chi connectivity index (χ4v) is 3.10. The van der Waals surface area contributed by atoms with Gasteiger partial charge in [-0.1, -0.05) is 19.2 Å². The summed E-state index contributed by atoms with van der Waals surface area (Å²) in [6, 6.07) is 0. The second-order valence-electron chi connectivity index (χ2n) is 6.88. The molecule has 0 bridgehead atoms. The predicted molar refractivity (Wildman–Crippen MR) is 96.0 cm³/mol. The Labute approximate surface area is 153 Å². The normalized spacial score (nSPS) is 35.3. The molecule has 0 aromatic rings. The maximum absolute atomic E-state index is 12.3. The maximum Gasteiger partial charge on any atom is 0.334 e. The van der Waals surface area contributed by atoms with Crippen molar-refractivity contribution in [2.45, 2.75) is 58.0 Å². The van der Waals surface area contributed by atoms with Crippen molar-refractivity contribution in [2.75, 3.05) is 0 Å². The highest BCUT2D eigenvalue weighted by atomic mass is 16.6. The molecule has 26 heavy (non-hydrogen) atoms. The minimum absolute atomic E-state index is 0.0714. The molecular weight excluding hydrogens is 336 g/mol. The molecule has 0 aromatic heterocycles. The van der Waals surface area contributed by atoms with Crippen LogP contribution in [0.1, 0.15) is 33.6 Å². The third-order valence-electron chi connectivity index (χ3n) is 5.01. The standard InChI is InChI=1S/C20H26O6/c1-6-10(2)19(23)25-16-7-11(3)14(21)9-15(22)12(4)8-17-18(16)13(5)20(24)26-17/h6,8,14-18,21-22H,3,5,7,9H2,1-2,4H3/b10-6+,12-8-/t14-,15?,16?,17-,18-/m1/s1. The van der Waals surface area contributed by atoms with Gasteiger partial charge in [-0.15, -0.1) is 0 Å². The third-order valence-corrected chi connectivity index (χ3v) is 5.01. The van der Waals surface area contributed by atoms with Gasteiger partial charge in [0.05, 0.1) is 18.1 Å². The highest BCUT2D eigenvalue weighted by molar-refractivity contribution is 5.92. The van der Waals surface area contributed by atoms with E-state index in [2.05, 4.69) is 13.2 Å². The molecule has 2 unspecified atom stereocenters. The Bertz CT molecular complexity index is 686. The van der Waals surface area contributed by atoms with E-state index in [-0.39, 0.29) is 18.4 Å². The van der Waals surface area contributed by atoms with E-state index in [0.29, 0.717) is 16.7 Å². The molecule has 6 heteroatoms. The van der Waals surface area contributed by atoms with Crippen molar-refractivity contribution in [2.24, 2.45) is 5.92 Å². The van der Waals surface area contributed by atoms with Crippen LogP contribution in [0.2, 0.25) is 0 Å². The summed E-state index contributed by atoms with van der Waals surface area (Å²) in [5.74, 6) is -1.68. The fourth-order valence-electron chi connectivity index (χ4n) is 3.10. The number of aliphatic hydroxyl groups excluding tert-OH is 2. The Morgan fingerprint density at radius 2 is 2.00 bits per heavy atom. The van der Waals surface area contributed by atoms with E-state index in [1.807, 2.05) is 0 Å². The van der Waals surface area contributed by atoms with Crippen LogP contribution in [0.15, 0.2) is 47.6 Å². The van der Waals surface area contributed by atoms with Gasteiger partial charge in [0.25, 0.3) is 0 Å². The van der Waals surface area contributed by atoms with Gasteiger partial charge in [-0.05, 0) is 38.0 Å². The Morgan fingerprint density at radius 1 is 1.35 bits per heavy atom. The molecule has 2 rings (SSSR count). The number of hydrogen-bond acceptors (Lipinski definition) is 6. The summed E-state index contributed by atoms with van der Waals surface area (Å²) in [5, 5.41) is 20.5. The van der Waals surface area contributed by atoms with Gasteiger partial charge in [0.1, 0.15) is 12.2 Å². The SMILES string of the molecule is C=C1CC(OC(=O)/C(C)=C/C)[C@H]2C(=C)C(=O)O[C@@H]2/C=C(/C)C(O)C[C@H]1O. The van der Waals surface area contributed by atoms with Crippen molar-refractivity contribution in [1.82, 2.24) is 0 Å². The van der Waals surface area contributed by atoms with E-state index in [1.54, 1.807) is 32.9 Å². The quantitative estimate of drug-likeness (QED) is 0.443. The minimum Gasteiger partial charge on any atom is -0.458 e. The lowest BCUT2D eigenvalue weighted by molar-refractivity contribution is -0.147. The van der Waals surface area contributed by atoms with Gasteiger partial charge in [-0.2, -0.15) is 0 Å². The first-order chi connectivity index (χ1) is 12.1. The summed E-state index contributed by atoms with van der Waals surface area (Å²) >= 11 is 0. The summed E-state index contributed by atoms with van der Waals surface area (Å²) in [6.07, 6.45) is 0.173. The zero-order chi connectivity index (χ0) is 19.6. The van der Waals surface area contributed by atoms with Gasteiger partial charge in [-0.3, -0.25) is 0 Å². The first kappa shape index (κ1) is 20.1. The average molecular weight is 362 g/mol. The summed E-state index contributed by atoms with van der Waals surface area (Å²) in [6.45, 7) is 12.7. The van der Waals surface area contributed by atoms with E-state index >= 15 is 0 Å². The number of hydrogen-bond donors (Lipinski definition) is 2. The Hall–Kier alpha value is -2.18. The van der Waals surface area contributed by atoms with Gasteiger partial charge >= 0.3 is 11.9 Å². The molecule has 1 aliphatic heterocycles. The number of ether oxygens (including phenoxy) is 2. The number of rotatable bonds is 2. The highest BCUT2D eigenvalue weighted by Gasteiger charge is 2.45. The summed E-state index contributed by atoms with van der Waals surface area (Å²) in [4.78, 5) is 24.3. The van der Waals surface area contributed by atoms with Crippen molar-refractivity contribution in [1.29, 1.82) is 0 Å². The smallest absolute Gasteiger partial charge is 0.334 e. The summed E-state index contributed by atoms with van der Waals surface area (Å²) < 4.78 is 11.0. The molecule has 1 aliphatic carbocycles. The summed E-state index contributed by atoms with van der Waals surface area (Å²) in [5.41, 5.74) is 1.61. The number of fused-ring (bicyclic) bond motifs is 1. The van der Waals surface area contributed by atoms with Crippen LogP contribution in [0.4, 0.5) is 0 Å². The number of aliphatic hydroxyl groups is 2. The highest BCUT2D eigenvalue weighted by Crippen LogP contribution is 2.37. The lowest BCUT2D eigenvalue weighted by Crippen LogP contribution is -2.36. The molecule has 142 valence electrons. The Kier molecular flexibility index (Phi) is 6.21. The number of esters is 2. The van der Waals surface area contributed by atoms with Crippen molar-refractivity contribution in [3.8, 4) is 0 Å². The second-order valence-corrected chi connectivity index (χ2v) is 6.88. The van der Waals surface area contributed by atoms with E-state index < -0.39 is 42.3 Å². The average Bonchev–Trinajstić information content (AvgIpc) is 2.86. The Balaban J connectivity index is 2.45. The topological polar surface area (TPSA) is 93.1 Å². The van der Waals surface area contributed by atoms with Crippen molar-refractivity contribution < 1.29 is 29.3 Å². The molecule has 2 N–H and O–H groups in total. The molecule has 1 fully saturated rings. The Morgan fingerprint density at radius 3 is 2.62 bits per heavy atom. The van der Waals surface area contributed by atoms with Crippen LogP contribution >= 0.6 is 0 Å². The van der Waals surface area contributed by atoms with Gasteiger partial charge in [0.15, 0.2) is 0 Å². The zero-order valence-corrected chi connectivity index (χ0v) is 15.4. The lowest BCUT2D eigenvalue weighted by Gasteiger charge is -2.30. The first-order valence-corrected chi connectivity index (χ1v) is 8.61. The van der Waals surface area contributed by atoms with Gasteiger partial charge in [0, 0.05) is 24.0 Å². The van der Waals surface area contributed by atoms with Gasteiger partial charge in [0.2, 0.25) is 0 Å². The summed E-state index contributed by atoms with van der Waals surface area (Å²) in [7, 11) is 0. The molecule has 0 radical (unpaired) electrons. The van der Waals surface area contributed by atoms with Crippen LogP contribution < -0.4 is 0 Å². The molecule has 1 saturated heterocycles. The maximum atomic E-state index is 12.3. The molecule has 2 aliphatic rings. The van der Waals surface area contributed by atoms with E-state index in [9.17, 15) is 19.8 Å². The molecule has 1 heterocycles. The lowest BCUT2D eigenvalue weighted by atomic mass is 9.83. The van der Waals surface area contributed by atoms with Crippen LogP contribution in [0.3, 0.4) is 0 Å². The molecule has 0 spiro atoms. The first-order valence-electron chi connectivity index (χ1n) is 8.61. The molecule has 5 atom stereocenters. The van der Waals surface area contributed by atoms with Crippen LogP contribution in [-0.2, 0) is 19.1 Å². The van der Waals surface area contributed by atoms with Crippen LogP contribution in [0.25, 0.3) is 0 Å². The fraction of sp³-hybridized carbons (Fsp3) is 0.500. The van der Waals surface area contributed by atoms with Crippen LogP contribution in [0, 0.1) is 5.92 Å². The predicted octanol–water partition coefficient (Wildman–Crippen LogP) is 1.98. The van der Waals surface area contributed by atoms with Gasteiger partial charge in [-0.25, -0.2) is 9.59 Å². The van der Waals surface area contributed by atoms with Crippen molar-refractivity contribution in [3.63, 3.8) is 0 Å². The molecule has 0 saturated carbocycles. The van der Waals surface area contributed by atoms with Crippen LogP contribution in [-0.4, -0.2) is 46.6 Å².